The van der Waals surface area contributed by atoms with E-state index in [1.165, 1.54) is 12.1 Å². The largest absolute Gasteiger partial charge is 0.374 e. The number of nitro groups is 1. The second kappa shape index (κ2) is 7.54. The highest BCUT2D eigenvalue weighted by Crippen LogP contribution is 2.26. The number of carbonyl (C=O) groups excluding carboxylic acids is 1. The van der Waals surface area contributed by atoms with Crippen LogP contribution in [0.25, 0.3) is 0 Å². The Balaban J connectivity index is 2.07. The summed E-state index contributed by atoms with van der Waals surface area (Å²) in [5.74, 6) is -0.417. The van der Waals surface area contributed by atoms with E-state index in [-0.39, 0.29) is 28.9 Å². The molecule has 0 bridgehead atoms. The SMILES string of the molecule is COC(CNC(=O)c1ccc(Cl)c([N+](=O)[O-])c1)c1ccc(C)s1. The van der Waals surface area contributed by atoms with Gasteiger partial charge in [-0.25, -0.2) is 0 Å². The van der Waals surface area contributed by atoms with E-state index in [0.717, 1.165) is 15.8 Å². The topological polar surface area (TPSA) is 81.5 Å². The lowest BCUT2D eigenvalue weighted by molar-refractivity contribution is -0.384. The van der Waals surface area contributed by atoms with Crippen LogP contribution in [0.3, 0.4) is 0 Å². The minimum atomic E-state index is -0.620. The zero-order valence-corrected chi connectivity index (χ0v) is 14.1. The van der Waals surface area contributed by atoms with Crippen molar-refractivity contribution in [1.82, 2.24) is 5.32 Å². The lowest BCUT2D eigenvalue weighted by Gasteiger charge is -2.14. The predicted molar refractivity (Wildman–Crippen MR) is 89.2 cm³/mol. The predicted octanol–water partition coefficient (Wildman–Crippen LogP) is 3.74. The molecular formula is C15H15ClN2O4S. The molecule has 1 aromatic heterocycles. The number of carbonyl (C=O) groups is 1. The van der Waals surface area contributed by atoms with Crippen LogP contribution in [-0.4, -0.2) is 24.5 Å². The fraction of sp³-hybridized carbons (Fsp3) is 0.267. The summed E-state index contributed by atoms with van der Waals surface area (Å²) in [6, 6.07) is 7.88. The number of nitrogens with zero attached hydrogens (tertiary/aromatic N) is 1. The van der Waals surface area contributed by atoms with Crippen LogP contribution in [0.2, 0.25) is 5.02 Å². The summed E-state index contributed by atoms with van der Waals surface area (Å²) >= 11 is 7.33. The first kappa shape index (κ1) is 17.4. The average molecular weight is 355 g/mol. The molecule has 0 radical (unpaired) electrons. The summed E-state index contributed by atoms with van der Waals surface area (Å²) in [6.45, 7) is 2.26. The number of ether oxygens (including phenoxy) is 1. The quantitative estimate of drug-likeness (QED) is 0.633. The smallest absolute Gasteiger partial charge is 0.288 e. The molecule has 1 amide bonds. The summed E-state index contributed by atoms with van der Waals surface area (Å²) in [7, 11) is 1.57. The van der Waals surface area contributed by atoms with Crippen molar-refractivity contribution in [1.29, 1.82) is 0 Å². The number of methoxy groups -OCH3 is 1. The Labute approximate surface area is 142 Å². The highest BCUT2D eigenvalue weighted by atomic mass is 35.5. The minimum Gasteiger partial charge on any atom is -0.374 e. The van der Waals surface area contributed by atoms with Gasteiger partial charge in [-0.3, -0.25) is 14.9 Å². The molecule has 2 aromatic rings. The molecule has 0 fully saturated rings. The third-order valence-electron chi connectivity index (χ3n) is 3.22. The monoisotopic (exact) mass is 354 g/mol. The zero-order valence-electron chi connectivity index (χ0n) is 12.5. The van der Waals surface area contributed by atoms with Crippen LogP contribution in [0, 0.1) is 17.0 Å². The third kappa shape index (κ3) is 4.28. The van der Waals surface area contributed by atoms with Crippen molar-refractivity contribution in [2.24, 2.45) is 0 Å². The molecule has 1 N–H and O–H groups in total. The van der Waals surface area contributed by atoms with Crippen LogP contribution >= 0.6 is 22.9 Å². The van der Waals surface area contributed by atoms with E-state index < -0.39 is 10.8 Å². The maximum atomic E-state index is 12.2. The normalized spacial score (nSPS) is 12.0. The summed E-state index contributed by atoms with van der Waals surface area (Å²) < 4.78 is 5.38. The molecule has 0 aliphatic rings. The molecule has 1 heterocycles. The number of thiophene rings is 1. The van der Waals surface area contributed by atoms with Crippen LogP contribution in [0.15, 0.2) is 30.3 Å². The van der Waals surface area contributed by atoms with Crippen molar-refractivity contribution in [2.75, 3.05) is 13.7 Å². The van der Waals surface area contributed by atoms with E-state index in [2.05, 4.69) is 5.32 Å². The number of rotatable bonds is 6. The van der Waals surface area contributed by atoms with Gasteiger partial charge in [0.1, 0.15) is 11.1 Å². The average Bonchev–Trinajstić information content (AvgIpc) is 2.94. The Morgan fingerprint density at radius 2 is 2.17 bits per heavy atom. The van der Waals surface area contributed by atoms with E-state index >= 15 is 0 Å². The Morgan fingerprint density at radius 3 is 2.74 bits per heavy atom. The highest BCUT2D eigenvalue weighted by Gasteiger charge is 2.18. The van der Waals surface area contributed by atoms with E-state index in [0.29, 0.717) is 0 Å². The van der Waals surface area contributed by atoms with Crippen molar-refractivity contribution in [3.63, 3.8) is 0 Å². The van der Waals surface area contributed by atoms with Crippen LogP contribution in [0.4, 0.5) is 5.69 Å². The minimum absolute atomic E-state index is 0.00428. The Kier molecular flexibility index (Phi) is 5.70. The van der Waals surface area contributed by atoms with Gasteiger partial charge < -0.3 is 10.1 Å². The van der Waals surface area contributed by atoms with Gasteiger partial charge in [0.2, 0.25) is 0 Å². The number of halogens is 1. The summed E-state index contributed by atoms with van der Waals surface area (Å²) in [5, 5.41) is 13.6. The first-order valence-electron chi connectivity index (χ1n) is 6.73. The molecule has 1 unspecified atom stereocenters. The van der Waals surface area contributed by atoms with Gasteiger partial charge in [-0.15, -0.1) is 11.3 Å². The van der Waals surface area contributed by atoms with Gasteiger partial charge in [-0.1, -0.05) is 11.6 Å². The summed E-state index contributed by atoms with van der Waals surface area (Å²) in [4.78, 5) is 24.6. The van der Waals surface area contributed by atoms with E-state index in [1.54, 1.807) is 18.4 Å². The fourth-order valence-electron chi connectivity index (χ4n) is 2.01. The molecule has 0 saturated carbocycles. The molecule has 1 atom stereocenters. The molecule has 1 aromatic carbocycles. The number of aryl methyl sites for hydroxylation is 1. The maximum Gasteiger partial charge on any atom is 0.288 e. The lowest BCUT2D eigenvalue weighted by Crippen LogP contribution is -2.28. The van der Waals surface area contributed by atoms with Crippen molar-refractivity contribution < 1.29 is 14.5 Å². The van der Waals surface area contributed by atoms with Gasteiger partial charge in [-0.05, 0) is 31.2 Å². The molecule has 0 saturated heterocycles. The molecule has 8 heteroatoms. The van der Waals surface area contributed by atoms with Gasteiger partial charge in [0.25, 0.3) is 11.6 Å². The molecule has 2 rings (SSSR count). The van der Waals surface area contributed by atoms with E-state index in [1.807, 2.05) is 19.1 Å². The van der Waals surface area contributed by atoms with Gasteiger partial charge >= 0.3 is 0 Å². The third-order valence-corrected chi connectivity index (χ3v) is 4.63. The molecule has 6 nitrogen and oxygen atoms in total. The molecule has 0 aliphatic heterocycles. The van der Waals surface area contributed by atoms with Crippen molar-refractivity contribution in [2.45, 2.75) is 13.0 Å². The maximum absolute atomic E-state index is 12.2. The zero-order chi connectivity index (χ0) is 17.0. The van der Waals surface area contributed by atoms with Gasteiger partial charge in [0.05, 0.1) is 4.92 Å². The highest BCUT2D eigenvalue weighted by molar-refractivity contribution is 7.12. The Morgan fingerprint density at radius 1 is 1.43 bits per heavy atom. The molecule has 122 valence electrons. The number of amides is 1. The molecular weight excluding hydrogens is 340 g/mol. The van der Waals surface area contributed by atoms with E-state index in [4.69, 9.17) is 16.3 Å². The number of nitro benzene ring substituents is 1. The molecule has 0 aliphatic carbocycles. The van der Waals surface area contributed by atoms with Crippen molar-refractivity contribution in [3.8, 4) is 0 Å². The lowest BCUT2D eigenvalue weighted by atomic mass is 10.2. The first-order chi connectivity index (χ1) is 10.9. The summed E-state index contributed by atoms with van der Waals surface area (Å²) in [6.07, 6.45) is -0.264. The van der Waals surface area contributed by atoms with Gasteiger partial charge in [-0.2, -0.15) is 0 Å². The van der Waals surface area contributed by atoms with Crippen molar-refractivity contribution >= 4 is 34.5 Å². The second-order valence-electron chi connectivity index (χ2n) is 4.81. The number of benzene rings is 1. The fourth-order valence-corrected chi connectivity index (χ4v) is 3.15. The van der Waals surface area contributed by atoms with Crippen LogP contribution in [-0.2, 0) is 4.74 Å². The standard InChI is InChI=1S/C15H15ClN2O4S/c1-9-3-6-14(23-9)13(22-2)8-17-15(19)10-4-5-11(16)12(7-10)18(20)21/h3-7,13H,8H2,1-2H3,(H,17,19). The van der Waals surface area contributed by atoms with Crippen LogP contribution < -0.4 is 5.32 Å². The number of hydrogen-bond acceptors (Lipinski definition) is 5. The van der Waals surface area contributed by atoms with Crippen molar-refractivity contribution in [3.05, 3.63) is 60.8 Å². The second-order valence-corrected chi connectivity index (χ2v) is 6.53. The van der Waals surface area contributed by atoms with Gasteiger partial charge in [0, 0.05) is 35.0 Å². The number of nitrogens with one attached hydrogen (secondary N) is 1. The van der Waals surface area contributed by atoms with E-state index in [9.17, 15) is 14.9 Å². The molecule has 23 heavy (non-hydrogen) atoms. The van der Waals surface area contributed by atoms with Gasteiger partial charge in [0.15, 0.2) is 0 Å². The Hall–Kier alpha value is -1.96. The summed E-state index contributed by atoms with van der Waals surface area (Å²) in [5.41, 5.74) is -0.116. The first-order valence-corrected chi connectivity index (χ1v) is 7.93. The molecule has 0 spiro atoms. The Bertz CT molecular complexity index is 732. The number of hydrogen-bond donors (Lipinski definition) is 1. The van der Waals surface area contributed by atoms with Crippen LogP contribution in [0.5, 0.6) is 0 Å². The van der Waals surface area contributed by atoms with Crippen LogP contribution in [0.1, 0.15) is 26.2 Å².